The highest BCUT2D eigenvalue weighted by Gasteiger charge is 2.20. The van der Waals surface area contributed by atoms with E-state index in [1.165, 1.54) is 0 Å². The van der Waals surface area contributed by atoms with Crippen LogP contribution < -0.4 is 10.6 Å². The standard InChI is InChI=1S/C13H18N2O3/c1-9(2)14-13(18)15-11(12(16)17)8-10-6-4-3-5-7-10/h3-7,9,11H,8H2,1-2H3,(H,16,17)(H2,14,15,18). The zero-order chi connectivity index (χ0) is 13.5. The van der Waals surface area contributed by atoms with Gasteiger partial charge in [0.1, 0.15) is 6.04 Å². The molecule has 0 spiro atoms. The van der Waals surface area contributed by atoms with E-state index in [-0.39, 0.29) is 12.5 Å². The van der Waals surface area contributed by atoms with Gasteiger partial charge >= 0.3 is 12.0 Å². The van der Waals surface area contributed by atoms with Crippen LogP contribution in [0.3, 0.4) is 0 Å². The molecule has 1 atom stereocenters. The van der Waals surface area contributed by atoms with E-state index < -0.39 is 18.0 Å². The maximum atomic E-state index is 11.5. The van der Waals surface area contributed by atoms with Crippen molar-refractivity contribution in [2.45, 2.75) is 32.4 Å². The van der Waals surface area contributed by atoms with Gasteiger partial charge in [0.15, 0.2) is 0 Å². The molecule has 0 radical (unpaired) electrons. The van der Waals surface area contributed by atoms with E-state index in [0.29, 0.717) is 0 Å². The lowest BCUT2D eigenvalue weighted by molar-refractivity contribution is -0.139. The fraction of sp³-hybridized carbons (Fsp3) is 0.385. The Morgan fingerprint density at radius 1 is 1.17 bits per heavy atom. The summed E-state index contributed by atoms with van der Waals surface area (Å²) in [6.45, 7) is 3.62. The second-order valence-electron chi connectivity index (χ2n) is 4.35. The van der Waals surface area contributed by atoms with Gasteiger partial charge in [-0.25, -0.2) is 9.59 Å². The summed E-state index contributed by atoms with van der Waals surface area (Å²) >= 11 is 0. The quantitative estimate of drug-likeness (QED) is 0.739. The first kappa shape index (κ1) is 14.0. The number of aliphatic carboxylic acids is 1. The average molecular weight is 250 g/mol. The molecular formula is C13H18N2O3. The molecule has 1 aromatic rings. The number of carbonyl (C=O) groups excluding carboxylic acids is 1. The predicted octanol–water partition coefficient (Wildman–Crippen LogP) is 1.39. The zero-order valence-electron chi connectivity index (χ0n) is 10.5. The minimum absolute atomic E-state index is 0.0313. The Balaban J connectivity index is 2.61. The molecule has 1 aromatic carbocycles. The van der Waals surface area contributed by atoms with Crippen LogP contribution in [0.5, 0.6) is 0 Å². The molecule has 0 fully saturated rings. The molecule has 5 nitrogen and oxygen atoms in total. The van der Waals surface area contributed by atoms with Gasteiger partial charge in [-0.05, 0) is 19.4 Å². The van der Waals surface area contributed by atoms with Crippen LogP contribution in [0, 0.1) is 0 Å². The minimum atomic E-state index is -1.04. The Bertz CT molecular complexity index is 404. The normalized spacial score (nSPS) is 11.9. The molecule has 0 aliphatic heterocycles. The molecule has 0 bridgehead atoms. The van der Waals surface area contributed by atoms with E-state index in [1.807, 2.05) is 44.2 Å². The summed E-state index contributed by atoms with van der Waals surface area (Å²) in [6, 6.07) is 7.77. The maximum absolute atomic E-state index is 11.5. The number of hydrogen-bond donors (Lipinski definition) is 3. The largest absolute Gasteiger partial charge is 0.480 e. The Labute approximate surface area is 106 Å². The van der Waals surface area contributed by atoms with Crippen LogP contribution in [0.2, 0.25) is 0 Å². The van der Waals surface area contributed by atoms with Crippen molar-refractivity contribution in [3.8, 4) is 0 Å². The highest BCUT2D eigenvalue weighted by Crippen LogP contribution is 2.03. The fourth-order valence-electron chi connectivity index (χ4n) is 1.51. The Kier molecular flexibility index (Phi) is 5.17. The lowest BCUT2D eigenvalue weighted by Crippen LogP contribution is -2.48. The first-order chi connectivity index (χ1) is 8.49. The van der Waals surface area contributed by atoms with Crippen molar-refractivity contribution in [3.05, 3.63) is 35.9 Å². The van der Waals surface area contributed by atoms with Crippen LogP contribution in [0.1, 0.15) is 19.4 Å². The molecule has 3 N–H and O–H groups in total. The number of amides is 2. The zero-order valence-corrected chi connectivity index (χ0v) is 10.5. The van der Waals surface area contributed by atoms with Gasteiger partial charge in [0.2, 0.25) is 0 Å². The Morgan fingerprint density at radius 3 is 2.28 bits per heavy atom. The molecule has 1 unspecified atom stereocenters. The third-order valence-corrected chi connectivity index (χ3v) is 2.31. The number of urea groups is 1. The molecule has 5 heteroatoms. The van der Waals surface area contributed by atoms with Gasteiger partial charge in [-0.3, -0.25) is 0 Å². The predicted molar refractivity (Wildman–Crippen MR) is 68.4 cm³/mol. The number of rotatable bonds is 5. The third-order valence-electron chi connectivity index (χ3n) is 2.31. The van der Waals surface area contributed by atoms with Crippen molar-refractivity contribution in [2.75, 3.05) is 0 Å². The summed E-state index contributed by atoms with van der Waals surface area (Å²) in [7, 11) is 0. The van der Waals surface area contributed by atoms with Crippen LogP contribution in [0.25, 0.3) is 0 Å². The number of carboxylic acid groups (broad SMARTS) is 1. The molecule has 0 aliphatic rings. The van der Waals surface area contributed by atoms with Crippen molar-refractivity contribution in [1.29, 1.82) is 0 Å². The van der Waals surface area contributed by atoms with E-state index in [9.17, 15) is 9.59 Å². The number of carboxylic acids is 1. The fourth-order valence-corrected chi connectivity index (χ4v) is 1.51. The first-order valence-electron chi connectivity index (χ1n) is 5.83. The van der Waals surface area contributed by atoms with Gasteiger partial charge in [-0.2, -0.15) is 0 Å². The lowest BCUT2D eigenvalue weighted by Gasteiger charge is -2.16. The van der Waals surface area contributed by atoms with Crippen LogP contribution in [0.15, 0.2) is 30.3 Å². The smallest absolute Gasteiger partial charge is 0.326 e. The summed E-state index contributed by atoms with van der Waals surface area (Å²) in [5.41, 5.74) is 0.870. The van der Waals surface area contributed by atoms with Gasteiger partial charge in [-0.15, -0.1) is 0 Å². The summed E-state index contributed by atoms with van der Waals surface area (Å²) in [5.74, 6) is -1.04. The van der Waals surface area contributed by atoms with Gasteiger partial charge in [0, 0.05) is 12.5 Å². The Morgan fingerprint density at radius 2 is 1.78 bits per heavy atom. The van der Waals surface area contributed by atoms with E-state index in [4.69, 9.17) is 5.11 Å². The number of benzene rings is 1. The minimum Gasteiger partial charge on any atom is -0.480 e. The highest BCUT2D eigenvalue weighted by atomic mass is 16.4. The molecule has 0 heterocycles. The topological polar surface area (TPSA) is 78.4 Å². The molecule has 18 heavy (non-hydrogen) atoms. The van der Waals surface area contributed by atoms with Gasteiger partial charge in [-0.1, -0.05) is 30.3 Å². The van der Waals surface area contributed by atoms with Crippen molar-refractivity contribution in [2.24, 2.45) is 0 Å². The second kappa shape index (κ2) is 6.64. The lowest BCUT2D eigenvalue weighted by atomic mass is 10.1. The average Bonchev–Trinajstić information content (AvgIpc) is 2.28. The van der Waals surface area contributed by atoms with Gasteiger partial charge in [0.05, 0.1) is 0 Å². The van der Waals surface area contributed by atoms with Crippen molar-refractivity contribution in [3.63, 3.8) is 0 Å². The molecule has 0 saturated carbocycles. The molecule has 0 saturated heterocycles. The molecule has 98 valence electrons. The summed E-state index contributed by atoms with van der Waals surface area (Å²) in [5, 5.41) is 14.1. The van der Waals surface area contributed by atoms with E-state index in [2.05, 4.69) is 10.6 Å². The maximum Gasteiger partial charge on any atom is 0.326 e. The van der Waals surface area contributed by atoms with E-state index in [0.717, 1.165) is 5.56 Å². The van der Waals surface area contributed by atoms with Crippen LogP contribution in [-0.4, -0.2) is 29.2 Å². The SMILES string of the molecule is CC(C)NC(=O)NC(Cc1ccccc1)C(=O)O. The summed E-state index contributed by atoms with van der Waals surface area (Å²) in [6.07, 6.45) is 0.266. The molecule has 0 aliphatic carbocycles. The second-order valence-corrected chi connectivity index (χ2v) is 4.35. The summed E-state index contributed by atoms with van der Waals surface area (Å²) in [4.78, 5) is 22.6. The number of carbonyl (C=O) groups is 2. The molecule has 1 rings (SSSR count). The number of nitrogens with one attached hydrogen (secondary N) is 2. The van der Waals surface area contributed by atoms with Crippen LogP contribution in [-0.2, 0) is 11.2 Å². The molecule has 2 amide bonds. The van der Waals surface area contributed by atoms with E-state index in [1.54, 1.807) is 0 Å². The first-order valence-corrected chi connectivity index (χ1v) is 5.83. The van der Waals surface area contributed by atoms with Gasteiger partial charge in [0.25, 0.3) is 0 Å². The van der Waals surface area contributed by atoms with Crippen LogP contribution in [0.4, 0.5) is 4.79 Å². The van der Waals surface area contributed by atoms with Crippen molar-refractivity contribution in [1.82, 2.24) is 10.6 Å². The summed E-state index contributed by atoms with van der Waals surface area (Å²) < 4.78 is 0. The van der Waals surface area contributed by atoms with Crippen molar-refractivity contribution < 1.29 is 14.7 Å². The highest BCUT2D eigenvalue weighted by molar-refractivity contribution is 5.82. The molecule has 0 aromatic heterocycles. The Hall–Kier alpha value is -2.04. The van der Waals surface area contributed by atoms with Crippen LogP contribution >= 0.6 is 0 Å². The van der Waals surface area contributed by atoms with E-state index >= 15 is 0 Å². The van der Waals surface area contributed by atoms with Gasteiger partial charge < -0.3 is 15.7 Å². The molecular weight excluding hydrogens is 232 g/mol. The monoisotopic (exact) mass is 250 g/mol. The number of hydrogen-bond acceptors (Lipinski definition) is 2. The van der Waals surface area contributed by atoms with Crippen molar-refractivity contribution >= 4 is 12.0 Å². The third kappa shape index (κ3) is 4.86.